The second-order valence-corrected chi connectivity index (χ2v) is 4.54. The van der Waals surface area contributed by atoms with Gasteiger partial charge in [0.15, 0.2) is 0 Å². The number of halogens is 1. The molecule has 0 spiro atoms. The van der Waals surface area contributed by atoms with Gasteiger partial charge >= 0.3 is 0 Å². The Bertz CT molecular complexity index is 703. The number of fused-ring (bicyclic) bond motifs is 1. The predicted octanol–water partition coefficient (Wildman–Crippen LogP) is 2.86. The molecule has 0 aliphatic heterocycles. The number of aryl methyl sites for hydroxylation is 1. The molecule has 1 unspecified atom stereocenters. The van der Waals surface area contributed by atoms with Gasteiger partial charge in [-0.25, -0.2) is 9.37 Å². The highest BCUT2D eigenvalue weighted by Gasteiger charge is 2.16. The van der Waals surface area contributed by atoms with Gasteiger partial charge in [0.25, 0.3) is 0 Å². The van der Waals surface area contributed by atoms with Crippen LogP contribution in [0.1, 0.15) is 22.9 Å². The van der Waals surface area contributed by atoms with E-state index in [1.807, 2.05) is 28.8 Å². The summed E-state index contributed by atoms with van der Waals surface area (Å²) in [6, 6.07) is 10.0. The van der Waals surface area contributed by atoms with Crippen LogP contribution in [0.15, 0.2) is 48.8 Å². The Morgan fingerprint density at radius 1 is 1.26 bits per heavy atom. The van der Waals surface area contributed by atoms with Gasteiger partial charge < -0.3 is 9.51 Å². The largest absolute Gasteiger partial charge is 0.382 e. The van der Waals surface area contributed by atoms with Crippen LogP contribution in [0.4, 0.5) is 4.39 Å². The third-order valence-electron chi connectivity index (χ3n) is 3.19. The SMILES string of the molecule is Cc1cc(F)ccc1C(O)c1cn2ccccc2n1. The molecule has 0 saturated carbocycles. The molecule has 0 aliphatic carbocycles. The fraction of sp³-hybridized carbons (Fsp3) is 0.133. The van der Waals surface area contributed by atoms with E-state index in [9.17, 15) is 9.50 Å². The molecule has 1 N–H and O–H groups in total. The maximum atomic E-state index is 13.1. The van der Waals surface area contributed by atoms with Crippen LogP contribution in [0.2, 0.25) is 0 Å². The summed E-state index contributed by atoms with van der Waals surface area (Å²) >= 11 is 0. The average molecular weight is 256 g/mol. The number of hydrogen-bond acceptors (Lipinski definition) is 2. The normalized spacial score (nSPS) is 12.8. The number of imidazole rings is 1. The molecule has 3 nitrogen and oxygen atoms in total. The van der Waals surface area contributed by atoms with Crippen molar-refractivity contribution in [3.8, 4) is 0 Å². The zero-order chi connectivity index (χ0) is 13.4. The number of rotatable bonds is 2. The van der Waals surface area contributed by atoms with E-state index in [2.05, 4.69) is 4.98 Å². The van der Waals surface area contributed by atoms with E-state index in [-0.39, 0.29) is 5.82 Å². The van der Waals surface area contributed by atoms with Crippen molar-refractivity contribution in [3.63, 3.8) is 0 Å². The summed E-state index contributed by atoms with van der Waals surface area (Å²) in [7, 11) is 0. The Balaban J connectivity index is 2.05. The van der Waals surface area contributed by atoms with Crippen LogP contribution in [-0.4, -0.2) is 14.5 Å². The fourth-order valence-electron chi connectivity index (χ4n) is 2.19. The number of aromatic nitrogens is 2. The van der Waals surface area contributed by atoms with Gasteiger partial charge in [0.2, 0.25) is 0 Å². The van der Waals surface area contributed by atoms with Crippen LogP contribution in [0.5, 0.6) is 0 Å². The van der Waals surface area contributed by atoms with E-state index in [4.69, 9.17) is 0 Å². The molecule has 96 valence electrons. The van der Waals surface area contributed by atoms with Crippen LogP contribution in [0.3, 0.4) is 0 Å². The highest BCUT2D eigenvalue weighted by molar-refractivity contribution is 5.42. The van der Waals surface area contributed by atoms with Crippen molar-refractivity contribution in [2.45, 2.75) is 13.0 Å². The Morgan fingerprint density at radius 2 is 2.11 bits per heavy atom. The molecule has 0 fully saturated rings. The van der Waals surface area contributed by atoms with E-state index in [1.165, 1.54) is 12.1 Å². The summed E-state index contributed by atoms with van der Waals surface area (Å²) in [4.78, 5) is 4.37. The average Bonchev–Trinajstić information content (AvgIpc) is 2.81. The molecule has 0 bridgehead atoms. The molecule has 3 rings (SSSR count). The minimum Gasteiger partial charge on any atom is -0.382 e. The van der Waals surface area contributed by atoms with Crippen LogP contribution in [0.25, 0.3) is 5.65 Å². The first-order chi connectivity index (χ1) is 9.15. The maximum absolute atomic E-state index is 13.1. The molecule has 2 heterocycles. The third kappa shape index (κ3) is 2.11. The van der Waals surface area contributed by atoms with Crippen molar-refractivity contribution in [1.82, 2.24) is 9.38 Å². The van der Waals surface area contributed by atoms with Gasteiger partial charge in [0.05, 0.1) is 5.69 Å². The number of pyridine rings is 1. The van der Waals surface area contributed by atoms with Crippen molar-refractivity contribution >= 4 is 5.65 Å². The number of aliphatic hydroxyl groups excluding tert-OH is 1. The molecule has 3 aromatic rings. The minimum absolute atomic E-state index is 0.302. The van der Waals surface area contributed by atoms with Crippen LogP contribution < -0.4 is 0 Å². The predicted molar refractivity (Wildman–Crippen MR) is 70.4 cm³/mol. The topological polar surface area (TPSA) is 37.5 Å². The molecular formula is C15H13FN2O. The first-order valence-electron chi connectivity index (χ1n) is 6.03. The highest BCUT2D eigenvalue weighted by atomic mass is 19.1. The van der Waals surface area contributed by atoms with E-state index in [0.717, 1.165) is 5.65 Å². The molecule has 2 aromatic heterocycles. The van der Waals surface area contributed by atoms with Crippen LogP contribution in [0, 0.1) is 12.7 Å². The summed E-state index contributed by atoms with van der Waals surface area (Å²) in [6.07, 6.45) is 2.80. The highest BCUT2D eigenvalue weighted by Crippen LogP contribution is 2.24. The van der Waals surface area contributed by atoms with Gasteiger partial charge in [-0.15, -0.1) is 0 Å². The third-order valence-corrected chi connectivity index (χ3v) is 3.19. The molecule has 0 saturated heterocycles. The first kappa shape index (κ1) is 11.9. The van der Waals surface area contributed by atoms with E-state index >= 15 is 0 Å². The van der Waals surface area contributed by atoms with Crippen molar-refractivity contribution in [2.24, 2.45) is 0 Å². The lowest BCUT2D eigenvalue weighted by Gasteiger charge is -2.11. The molecule has 0 amide bonds. The lowest BCUT2D eigenvalue weighted by atomic mass is 10.0. The molecular weight excluding hydrogens is 243 g/mol. The second kappa shape index (κ2) is 4.48. The Kier molecular flexibility index (Phi) is 2.80. The monoisotopic (exact) mass is 256 g/mol. The van der Waals surface area contributed by atoms with Crippen molar-refractivity contribution < 1.29 is 9.50 Å². The Hall–Kier alpha value is -2.20. The molecule has 1 atom stereocenters. The second-order valence-electron chi connectivity index (χ2n) is 4.54. The van der Waals surface area contributed by atoms with Gasteiger partial charge in [0.1, 0.15) is 17.6 Å². The van der Waals surface area contributed by atoms with Gasteiger partial charge in [-0.3, -0.25) is 0 Å². The van der Waals surface area contributed by atoms with Gasteiger partial charge in [-0.05, 0) is 42.3 Å². The minimum atomic E-state index is -0.847. The number of benzene rings is 1. The lowest BCUT2D eigenvalue weighted by molar-refractivity contribution is 0.215. The standard InChI is InChI=1S/C15H13FN2O/c1-10-8-11(16)5-6-12(10)15(19)13-9-18-7-3-2-4-14(18)17-13/h2-9,15,19H,1H3. The summed E-state index contributed by atoms with van der Waals surface area (Å²) in [5.41, 5.74) is 2.71. The van der Waals surface area contributed by atoms with Gasteiger partial charge in [-0.1, -0.05) is 12.1 Å². The van der Waals surface area contributed by atoms with E-state index in [1.54, 1.807) is 19.2 Å². The van der Waals surface area contributed by atoms with Crippen molar-refractivity contribution in [1.29, 1.82) is 0 Å². The lowest BCUT2D eigenvalue weighted by Crippen LogP contribution is -2.02. The molecule has 0 radical (unpaired) electrons. The van der Waals surface area contributed by atoms with Gasteiger partial charge in [-0.2, -0.15) is 0 Å². The van der Waals surface area contributed by atoms with Crippen LogP contribution >= 0.6 is 0 Å². The van der Waals surface area contributed by atoms with Gasteiger partial charge in [0, 0.05) is 12.4 Å². The Morgan fingerprint density at radius 3 is 2.84 bits per heavy atom. The van der Waals surface area contributed by atoms with Crippen molar-refractivity contribution in [2.75, 3.05) is 0 Å². The van der Waals surface area contributed by atoms with E-state index in [0.29, 0.717) is 16.8 Å². The number of nitrogens with zero attached hydrogens (tertiary/aromatic N) is 2. The van der Waals surface area contributed by atoms with Crippen LogP contribution in [-0.2, 0) is 0 Å². The number of aliphatic hydroxyl groups is 1. The summed E-state index contributed by atoms with van der Waals surface area (Å²) < 4.78 is 14.9. The molecule has 1 aromatic carbocycles. The van der Waals surface area contributed by atoms with E-state index < -0.39 is 6.10 Å². The summed E-state index contributed by atoms with van der Waals surface area (Å²) in [5, 5.41) is 10.4. The fourth-order valence-corrected chi connectivity index (χ4v) is 2.19. The molecule has 19 heavy (non-hydrogen) atoms. The zero-order valence-electron chi connectivity index (χ0n) is 10.4. The Labute approximate surface area is 110 Å². The smallest absolute Gasteiger partial charge is 0.137 e. The summed E-state index contributed by atoms with van der Waals surface area (Å²) in [5.74, 6) is -0.302. The molecule has 0 aliphatic rings. The first-order valence-corrected chi connectivity index (χ1v) is 6.03. The van der Waals surface area contributed by atoms with Crippen molar-refractivity contribution in [3.05, 3.63) is 71.4 Å². The molecule has 4 heteroatoms. The number of hydrogen-bond donors (Lipinski definition) is 1. The summed E-state index contributed by atoms with van der Waals surface area (Å²) in [6.45, 7) is 1.78. The zero-order valence-corrected chi connectivity index (χ0v) is 10.4. The maximum Gasteiger partial charge on any atom is 0.137 e. The quantitative estimate of drug-likeness (QED) is 0.765.